The first-order valence-corrected chi connectivity index (χ1v) is 4.31. The van der Waals surface area contributed by atoms with Crippen molar-refractivity contribution in [1.29, 1.82) is 0 Å². The maximum Gasteiger partial charge on any atom is 0.0960 e. The van der Waals surface area contributed by atoms with Gasteiger partial charge in [0.25, 0.3) is 0 Å². The Morgan fingerprint density at radius 3 is 2.08 bits per heavy atom. The molecule has 0 radical (unpaired) electrons. The molecule has 0 aromatic heterocycles. The monoisotopic (exact) mass is 182 g/mol. The normalized spacial score (nSPS) is 28.2. The molecule has 1 unspecified atom stereocenters. The zero-order valence-corrected chi connectivity index (χ0v) is 8.39. The van der Waals surface area contributed by atoms with Gasteiger partial charge in [-0.25, -0.2) is 0 Å². The molecule has 0 aliphatic heterocycles. The average molecular weight is 182 g/mol. The summed E-state index contributed by atoms with van der Waals surface area (Å²) in [5, 5.41) is 0. The number of hydrogen-bond donors (Lipinski definition) is 4. The predicted octanol–water partition coefficient (Wildman–Crippen LogP) is -0.285. The maximum absolute atomic E-state index is 5.93. The van der Waals surface area contributed by atoms with E-state index in [2.05, 4.69) is 0 Å². The Hall–Kier alpha value is -1.00. The summed E-state index contributed by atoms with van der Waals surface area (Å²) in [5.74, 6) is -0.0696. The van der Waals surface area contributed by atoms with E-state index < -0.39 is 5.66 Å². The van der Waals surface area contributed by atoms with E-state index in [-0.39, 0.29) is 5.92 Å². The third kappa shape index (κ3) is 1.22. The van der Waals surface area contributed by atoms with E-state index in [0.717, 1.165) is 11.1 Å². The Kier molecular flexibility index (Phi) is 2.13. The lowest BCUT2D eigenvalue weighted by molar-refractivity contribution is 0.379. The van der Waals surface area contributed by atoms with Gasteiger partial charge < -0.3 is 22.9 Å². The minimum Gasteiger partial charge on any atom is -0.401 e. The summed E-state index contributed by atoms with van der Waals surface area (Å²) in [6, 6.07) is 0. The minimum atomic E-state index is -0.909. The lowest BCUT2D eigenvalue weighted by Gasteiger charge is -2.38. The second-order valence-corrected chi connectivity index (χ2v) is 3.77. The summed E-state index contributed by atoms with van der Waals surface area (Å²) >= 11 is 0. The summed E-state index contributed by atoms with van der Waals surface area (Å²) in [7, 11) is 0. The van der Waals surface area contributed by atoms with Gasteiger partial charge in [-0.05, 0) is 25.0 Å². The first-order chi connectivity index (χ1) is 5.80. The fraction of sp³-hybridized carbons (Fsp3) is 0.556. The predicted molar refractivity (Wildman–Crippen MR) is 54.0 cm³/mol. The molecule has 1 rings (SSSR count). The SMILES string of the molecule is CC1=C(N)C(C)C(N)(N)C(C)=C1N. The summed E-state index contributed by atoms with van der Waals surface area (Å²) in [5.41, 5.74) is 25.7. The van der Waals surface area contributed by atoms with Crippen molar-refractivity contribution < 1.29 is 0 Å². The highest BCUT2D eigenvalue weighted by atomic mass is 15.0. The molecule has 74 valence electrons. The molecule has 1 atom stereocenters. The van der Waals surface area contributed by atoms with Crippen molar-refractivity contribution in [3.05, 3.63) is 22.5 Å². The van der Waals surface area contributed by atoms with Gasteiger partial charge in [-0.2, -0.15) is 0 Å². The number of nitrogens with two attached hydrogens (primary N) is 4. The minimum absolute atomic E-state index is 0.0696. The van der Waals surface area contributed by atoms with E-state index in [4.69, 9.17) is 22.9 Å². The molecular weight excluding hydrogens is 164 g/mol. The molecule has 0 amide bonds. The largest absolute Gasteiger partial charge is 0.401 e. The Morgan fingerprint density at radius 2 is 1.62 bits per heavy atom. The number of hydrogen-bond acceptors (Lipinski definition) is 4. The first-order valence-electron chi connectivity index (χ1n) is 4.31. The van der Waals surface area contributed by atoms with Gasteiger partial charge in [-0.1, -0.05) is 6.92 Å². The highest BCUT2D eigenvalue weighted by Crippen LogP contribution is 2.32. The zero-order chi connectivity index (χ0) is 10.4. The Bertz CT molecular complexity index is 299. The molecule has 0 aromatic rings. The van der Waals surface area contributed by atoms with Crippen molar-refractivity contribution in [1.82, 2.24) is 0 Å². The molecule has 4 heteroatoms. The summed E-state index contributed by atoms with van der Waals surface area (Å²) in [4.78, 5) is 0. The van der Waals surface area contributed by atoms with Gasteiger partial charge in [0.05, 0.1) is 5.66 Å². The van der Waals surface area contributed by atoms with Gasteiger partial charge in [-0.3, -0.25) is 0 Å². The number of rotatable bonds is 0. The lowest BCUT2D eigenvalue weighted by Crippen LogP contribution is -2.59. The van der Waals surface area contributed by atoms with Crippen molar-refractivity contribution in [2.45, 2.75) is 26.4 Å². The van der Waals surface area contributed by atoms with E-state index in [1.165, 1.54) is 0 Å². The van der Waals surface area contributed by atoms with Crippen molar-refractivity contribution >= 4 is 0 Å². The van der Waals surface area contributed by atoms with Crippen molar-refractivity contribution in [2.24, 2.45) is 28.9 Å². The fourth-order valence-corrected chi connectivity index (χ4v) is 1.58. The molecule has 1 aliphatic carbocycles. The smallest absolute Gasteiger partial charge is 0.0960 e. The third-order valence-electron chi connectivity index (χ3n) is 3.07. The van der Waals surface area contributed by atoms with Gasteiger partial charge in [-0.15, -0.1) is 0 Å². The van der Waals surface area contributed by atoms with E-state index in [0.29, 0.717) is 11.4 Å². The van der Waals surface area contributed by atoms with Crippen LogP contribution >= 0.6 is 0 Å². The van der Waals surface area contributed by atoms with E-state index in [1.54, 1.807) is 0 Å². The summed E-state index contributed by atoms with van der Waals surface area (Å²) in [6.07, 6.45) is 0. The molecule has 1 aliphatic rings. The van der Waals surface area contributed by atoms with Crippen LogP contribution in [0.5, 0.6) is 0 Å². The van der Waals surface area contributed by atoms with Crippen LogP contribution in [-0.4, -0.2) is 5.66 Å². The molecule has 0 saturated heterocycles. The van der Waals surface area contributed by atoms with Crippen LogP contribution in [0.1, 0.15) is 20.8 Å². The van der Waals surface area contributed by atoms with Crippen LogP contribution in [0.25, 0.3) is 0 Å². The van der Waals surface area contributed by atoms with Crippen molar-refractivity contribution in [3.8, 4) is 0 Å². The van der Waals surface area contributed by atoms with Crippen LogP contribution in [0, 0.1) is 5.92 Å². The molecule has 13 heavy (non-hydrogen) atoms. The summed E-state index contributed by atoms with van der Waals surface area (Å²) in [6.45, 7) is 5.65. The van der Waals surface area contributed by atoms with Gasteiger partial charge >= 0.3 is 0 Å². The molecule has 0 fully saturated rings. The third-order valence-corrected chi connectivity index (χ3v) is 3.07. The first kappa shape index (κ1) is 10.1. The molecule has 0 aromatic carbocycles. The van der Waals surface area contributed by atoms with Crippen molar-refractivity contribution in [2.75, 3.05) is 0 Å². The van der Waals surface area contributed by atoms with E-state index in [1.807, 2.05) is 20.8 Å². The summed E-state index contributed by atoms with van der Waals surface area (Å²) < 4.78 is 0. The van der Waals surface area contributed by atoms with E-state index in [9.17, 15) is 0 Å². The van der Waals surface area contributed by atoms with Crippen LogP contribution in [0.2, 0.25) is 0 Å². The molecule has 8 N–H and O–H groups in total. The van der Waals surface area contributed by atoms with Crippen LogP contribution < -0.4 is 22.9 Å². The fourth-order valence-electron chi connectivity index (χ4n) is 1.58. The van der Waals surface area contributed by atoms with Gasteiger partial charge in [0.1, 0.15) is 0 Å². The molecule has 0 bridgehead atoms. The van der Waals surface area contributed by atoms with Crippen LogP contribution in [0.3, 0.4) is 0 Å². The average Bonchev–Trinajstić information content (AvgIpc) is 2.09. The van der Waals surface area contributed by atoms with Crippen LogP contribution in [-0.2, 0) is 0 Å². The lowest BCUT2D eigenvalue weighted by atomic mass is 9.79. The zero-order valence-electron chi connectivity index (χ0n) is 8.39. The van der Waals surface area contributed by atoms with Gasteiger partial charge in [0.15, 0.2) is 0 Å². The van der Waals surface area contributed by atoms with Crippen molar-refractivity contribution in [3.63, 3.8) is 0 Å². The van der Waals surface area contributed by atoms with Gasteiger partial charge in [0.2, 0.25) is 0 Å². The highest BCUT2D eigenvalue weighted by Gasteiger charge is 2.37. The maximum atomic E-state index is 5.93. The Morgan fingerprint density at radius 1 is 1.15 bits per heavy atom. The molecule has 0 spiro atoms. The Labute approximate surface area is 78.6 Å². The van der Waals surface area contributed by atoms with E-state index >= 15 is 0 Å². The number of allylic oxidation sites excluding steroid dienone is 1. The quantitative estimate of drug-likeness (QED) is 0.386. The topological polar surface area (TPSA) is 104 Å². The molecule has 4 nitrogen and oxygen atoms in total. The highest BCUT2D eigenvalue weighted by molar-refractivity contribution is 5.44. The molecule has 0 heterocycles. The molecular formula is C9H18N4. The second-order valence-electron chi connectivity index (χ2n) is 3.77. The second kappa shape index (κ2) is 2.75. The van der Waals surface area contributed by atoms with Crippen LogP contribution in [0.15, 0.2) is 22.5 Å². The van der Waals surface area contributed by atoms with Crippen LogP contribution in [0.4, 0.5) is 0 Å². The Balaban J connectivity index is 3.32. The standard InChI is InChI=1S/C9H18N4/c1-4-7(10)5(2)9(12,13)6(3)8(4)11/h5H,10-13H2,1-3H3. The van der Waals surface area contributed by atoms with Gasteiger partial charge in [0, 0.05) is 17.3 Å². The molecule has 0 saturated carbocycles.